The summed E-state index contributed by atoms with van der Waals surface area (Å²) in [5.41, 5.74) is -0.0872. The van der Waals surface area contributed by atoms with Gasteiger partial charge in [-0.2, -0.15) is 0 Å². The molecule has 0 aliphatic rings. The van der Waals surface area contributed by atoms with Gasteiger partial charge in [-0.05, 0) is 37.6 Å². The van der Waals surface area contributed by atoms with Crippen LogP contribution in [0.25, 0.3) is 11.0 Å². The van der Waals surface area contributed by atoms with Crippen molar-refractivity contribution in [2.45, 2.75) is 31.2 Å². The van der Waals surface area contributed by atoms with Crippen LogP contribution < -0.4 is 10.3 Å². The van der Waals surface area contributed by atoms with Gasteiger partial charge in [-0.3, -0.25) is 0 Å². The molecule has 2 rings (SSSR count). The summed E-state index contributed by atoms with van der Waals surface area (Å²) in [6.45, 7) is 3.71. The van der Waals surface area contributed by atoms with Crippen LogP contribution in [0.15, 0.2) is 44.4 Å². The Morgan fingerprint density at radius 3 is 2.68 bits per heavy atom. The Morgan fingerprint density at radius 2 is 2.00 bits per heavy atom. The molecule has 0 saturated carbocycles. The largest absolute Gasteiger partial charge is 0.423 e. The zero-order chi connectivity index (χ0) is 14.0. The zero-order valence-electron chi connectivity index (χ0n) is 10.7. The van der Waals surface area contributed by atoms with E-state index in [4.69, 9.17) is 4.42 Å². The molecule has 0 radical (unpaired) electrons. The fraction of sp³-hybridized carbons (Fsp3) is 0.308. The Kier molecular flexibility index (Phi) is 3.73. The van der Waals surface area contributed by atoms with Gasteiger partial charge in [-0.25, -0.2) is 17.9 Å². The minimum Gasteiger partial charge on any atom is -0.423 e. The topological polar surface area (TPSA) is 76.4 Å². The number of sulfonamides is 1. The van der Waals surface area contributed by atoms with Crippen LogP contribution >= 0.6 is 0 Å². The smallest absolute Gasteiger partial charge is 0.336 e. The van der Waals surface area contributed by atoms with Gasteiger partial charge in [0.05, 0.1) is 4.90 Å². The summed E-state index contributed by atoms with van der Waals surface area (Å²) < 4.78 is 31.8. The van der Waals surface area contributed by atoms with E-state index in [2.05, 4.69) is 4.72 Å². The molecule has 0 fully saturated rings. The maximum Gasteiger partial charge on any atom is 0.336 e. The lowest BCUT2D eigenvalue weighted by atomic mass is 10.2. The van der Waals surface area contributed by atoms with E-state index in [9.17, 15) is 13.2 Å². The van der Waals surface area contributed by atoms with Crippen molar-refractivity contribution in [2.24, 2.45) is 0 Å². The third-order valence-electron chi connectivity index (χ3n) is 2.87. The lowest BCUT2D eigenvalue weighted by Gasteiger charge is -2.12. The molecule has 0 aliphatic carbocycles. The SMILES string of the molecule is CC[C@@H](C)NS(=O)(=O)c1ccc2oc(=O)ccc2c1. The molecular weight excluding hydrogens is 266 g/mol. The van der Waals surface area contributed by atoms with Gasteiger partial charge >= 0.3 is 5.63 Å². The Labute approximate surface area is 111 Å². The molecule has 5 nitrogen and oxygen atoms in total. The van der Waals surface area contributed by atoms with Crippen LogP contribution in [-0.4, -0.2) is 14.5 Å². The first kappa shape index (κ1) is 13.8. The Balaban J connectivity index is 2.46. The van der Waals surface area contributed by atoms with E-state index in [0.29, 0.717) is 17.4 Å². The highest BCUT2D eigenvalue weighted by atomic mass is 32.2. The summed E-state index contributed by atoms with van der Waals surface area (Å²) in [5.74, 6) is 0. The lowest BCUT2D eigenvalue weighted by Crippen LogP contribution is -2.31. The van der Waals surface area contributed by atoms with Crippen LogP contribution in [0.5, 0.6) is 0 Å². The molecule has 0 bridgehead atoms. The highest BCUT2D eigenvalue weighted by Crippen LogP contribution is 2.18. The second kappa shape index (κ2) is 5.14. The molecule has 0 spiro atoms. The quantitative estimate of drug-likeness (QED) is 0.868. The molecule has 102 valence electrons. The first-order valence-electron chi connectivity index (χ1n) is 5.98. The van der Waals surface area contributed by atoms with Crippen molar-refractivity contribution in [3.8, 4) is 0 Å². The predicted octanol–water partition coefficient (Wildman–Crippen LogP) is 1.87. The Morgan fingerprint density at radius 1 is 1.26 bits per heavy atom. The van der Waals surface area contributed by atoms with Gasteiger partial charge in [0.2, 0.25) is 10.0 Å². The standard InChI is InChI=1S/C13H15NO4S/c1-3-9(2)14-19(16,17)11-5-6-12-10(8-11)4-7-13(15)18-12/h4-9,14H,3H2,1-2H3/t9-/m1/s1. The van der Waals surface area contributed by atoms with Crippen molar-refractivity contribution in [3.63, 3.8) is 0 Å². The van der Waals surface area contributed by atoms with E-state index in [1.54, 1.807) is 13.0 Å². The minimum atomic E-state index is -3.54. The van der Waals surface area contributed by atoms with Crippen LogP contribution in [0.3, 0.4) is 0 Å². The summed E-state index contributed by atoms with van der Waals surface area (Å²) in [7, 11) is -3.54. The summed E-state index contributed by atoms with van der Waals surface area (Å²) in [6, 6.07) is 7.08. The van der Waals surface area contributed by atoms with Gasteiger partial charge in [0, 0.05) is 17.5 Å². The maximum absolute atomic E-state index is 12.1. The second-order valence-electron chi connectivity index (χ2n) is 4.38. The highest BCUT2D eigenvalue weighted by Gasteiger charge is 2.17. The van der Waals surface area contributed by atoms with Crippen molar-refractivity contribution in [2.75, 3.05) is 0 Å². The first-order chi connectivity index (χ1) is 8.92. The monoisotopic (exact) mass is 281 g/mol. The third kappa shape index (κ3) is 3.02. The molecule has 19 heavy (non-hydrogen) atoms. The van der Waals surface area contributed by atoms with E-state index in [1.165, 1.54) is 24.3 Å². The molecule has 0 aliphatic heterocycles. The molecule has 1 aromatic carbocycles. The number of benzene rings is 1. The summed E-state index contributed by atoms with van der Waals surface area (Å²) in [5, 5.41) is 0.576. The van der Waals surface area contributed by atoms with Crippen LogP contribution in [0.2, 0.25) is 0 Å². The highest BCUT2D eigenvalue weighted by molar-refractivity contribution is 7.89. The molecule has 6 heteroatoms. The van der Waals surface area contributed by atoms with Gasteiger partial charge in [0.25, 0.3) is 0 Å². The van der Waals surface area contributed by atoms with Crippen molar-refractivity contribution in [1.29, 1.82) is 0 Å². The number of rotatable bonds is 4. The van der Waals surface area contributed by atoms with Crippen molar-refractivity contribution >= 4 is 21.0 Å². The lowest BCUT2D eigenvalue weighted by molar-refractivity contribution is 0.554. The van der Waals surface area contributed by atoms with E-state index >= 15 is 0 Å². The molecule has 1 N–H and O–H groups in total. The van der Waals surface area contributed by atoms with E-state index in [0.717, 1.165) is 0 Å². The van der Waals surface area contributed by atoms with Crippen molar-refractivity contribution < 1.29 is 12.8 Å². The number of nitrogens with one attached hydrogen (secondary N) is 1. The summed E-state index contributed by atoms with van der Waals surface area (Å²) in [6.07, 6.45) is 0.710. The number of hydrogen-bond acceptors (Lipinski definition) is 4. The van der Waals surface area contributed by atoms with Gasteiger partial charge < -0.3 is 4.42 Å². The molecule has 2 aromatic rings. The maximum atomic E-state index is 12.1. The Bertz CT molecular complexity index is 749. The minimum absolute atomic E-state index is 0.130. The molecule has 0 saturated heterocycles. The van der Waals surface area contributed by atoms with Crippen LogP contribution in [0, 0.1) is 0 Å². The van der Waals surface area contributed by atoms with Gasteiger partial charge in [-0.1, -0.05) is 6.92 Å². The molecular formula is C13H15NO4S. The average Bonchev–Trinajstić information content (AvgIpc) is 2.37. The molecule has 1 heterocycles. The molecule has 1 atom stereocenters. The van der Waals surface area contributed by atoms with Crippen molar-refractivity contribution in [3.05, 3.63) is 40.8 Å². The molecule has 0 unspecified atom stereocenters. The van der Waals surface area contributed by atoms with Gasteiger partial charge in [-0.15, -0.1) is 0 Å². The van der Waals surface area contributed by atoms with Crippen LogP contribution in [-0.2, 0) is 10.0 Å². The first-order valence-corrected chi connectivity index (χ1v) is 7.47. The van der Waals surface area contributed by atoms with E-state index in [-0.39, 0.29) is 10.9 Å². The normalized spacial score (nSPS) is 13.6. The van der Waals surface area contributed by atoms with Crippen LogP contribution in [0.1, 0.15) is 20.3 Å². The Hall–Kier alpha value is -1.66. The van der Waals surface area contributed by atoms with Crippen molar-refractivity contribution in [1.82, 2.24) is 4.72 Å². The van der Waals surface area contributed by atoms with Gasteiger partial charge in [0.15, 0.2) is 0 Å². The second-order valence-corrected chi connectivity index (χ2v) is 6.10. The molecule has 1 aromatic heterocycles. The number of fused-ring (bicyclic) bond motifs is 1. The third-order valence-corrected chi connectivity index (χ3v) is 4.46. The van der Waals surface area contributed by atoms with Gasteiger partial charge in [0.1, 0.15) is 5.58 Å². The molecule has 0 amide bonds. The fourth-order valence-corrected chi connectivity index (χ4v) is 3.00. The fourth-order valence-electron chi connectivity index (χ4n) is 1.63. The summed E-state index contributed by atoms with van der Waals surface area (Å²) in [4.78, 5) is 11.2. The van der Waals surface area contributed by atoms with E-state index in [1.807, 2.05) is 6.92 Å². The summed E-state index contributed by atoms with van der Waals surface area (Å²) >= 11 is 0. The van der Waals surface area contributed by atoms with Crippen LogP contribution in [0.4, 0.5) is 0 Å². The zero-order valence-corrected chi connectivity index (χ0v) is 11.5. The predicted molar refractivity (Wildman–Crippen MR) is 72.6 cm³/mol. The number of hydrogen-bond donors (Lipinski definition) is 1. The van der Waals surface area contributed by atoms with E-state index < -0.39 is 15.6 Å². The average molecular weight is 281 g/mol.